The highest BCUT2D eigenvalue weighted by molar-refractivity contribution is 7.79. The molecule has 0 bridgehead atoms. The van der Waals surface area contributed by atoms with Crippen molar-refractivity contribution in [3.63, 3.8) is 0 Å². The number of nitrogens with zero attached hydrogens (tertiary/aromatic N) is 3. The maximum atomic E-state index is 6.34. The normalized spacial score (nSPS) is 28.8. The van der Waals surface area contributed by atoms with Gasteiger partial charge in [0, 0.05) is 0 Å². The van der Waals surface area contributed by atoms with Crippen molar-refractivity contribution in [3.05, 3.63) is 0 Å². The van der Waals surface area contributed by atoms with Crippen molar-refractivity contribution < 1.29 is 18.1 Å². The molecule has 0 amide bonds. The van der Waals surface area contributed by atoms with E-state index in [1.807, 2.05) is 27.7 Å². The molecule has 0 saturated heterocycles. The van der Waals surface area contributed by atoms with E-state index in [2.05, 4.69) is 13.5 Å². The minimum absolute atomic E-state index is 0.437. The lowest BCUT2D eigenvalue weighted by Crippen LogP contribution is -2.09. The fraction of sp³-hybridized carbons (Fsp3) is 1.00. The first-order valence-electron chi connectivity index (χ1n) is 8.43. The molecule has 4 N–H and O–H groups in total. The van der Waals surface area contributed by atoms with Crippen molar-refractivity contribution in [2.75, 3.05) is 26.4 Å². The molecule has 1 aliphatic heterocycles. The Morgan fingerprint density at radius 2 is 0.958 bits per heavy atom. The van der Waals surface area contributed by atoms with Crippen LogP contribution in [0.1, 0.15) is 53.4 Å². The Morgan fingerprint density at radius 1 is 0.583 bits per heavy atom. The molecule has 9 nitrogen and oxygen atoms in total. The van der Waals surface area contributed by atoms with E-state index in [1.165, 1.54) is 0 Å². The van der Waals surface area contributed by atoms with Crippen molar-refractivity contribution in [1.82, 2.24) is 0 Å². The molecule has 0 saturated carbocycles. The second-order valence-corrected chi connectivity index (χ2v) is 11.8. The van der Waals surface area contributed by atoms with Gasteiger partial charge in [-0.1, -0.05) is 27.7 Å². The Morgan fingerprint density at radius 3 is 1.38 bits per heavy atom. The average molecular weight is 403 g/mol. The predicted molar refractivity (Wildman–Crippen MR) is 101 cm³/mol. The molecular formula is C12H32N5O4P3. The zero-order valence-corrected chi connectivity index (χ0v) is 17.8. The van der Waals surface area contributed by atoms with Crippen molar-refractivity contribution in [3.8, 4) is 0 Å². The summed E-state index contributed by atoms with van der Waals surface area (Å²) < 4.78 is 36.7. The van der Waals surface area contributed by atoms with E-state index >= 15 is 0 Å². The summed E-state index contributed by atoms with van der Waals surface area (Å²) in [7, 11) is -8.97. The molecule has 1 heterocycles. The zero-order chi connectivity index (χ0) is 18.1. The number of rotatable bonds is 12. The van der Waals surface area contributed by atoms with E-state index in [0.717, 1.165) is 25.7 Å². The van der Waals surface area contributed by atoms with Crippen molar-refractivity contribution in [2.24, 2.45) is 24.6 Å². The molecule has 0 aromatic carbocycles. The average Bonchev–Trinajstić information content (AvgIpc) is 2.54. The molecule has 0 fully saturated rings. The Kier molecular flexibility index (Phi) is 9.90. The molecule has 12 heteroatoms. The molecule has 0 aromatic heterocycles. The topological polar surface area (TPSA) is 126 Å². The number of nitrogens with two attached hydrogens (primary N) is 2. The van der Waals surface area contributed by atoms with Crippen LogP contribution in [-0.4, -0.2) is 26.4 Å². The Balaban J connectivity index is 3.36. The smallest absolute Gasteiger partial charge is 0.316 e. The first-order valence-corrected chi connectivity index (χ1v) is 13.3. The summed E-state index contributed by atoms with van der Waals surface area (Å²) in [6.07, 6.45) is 3.20. The first kappa shape index (κ1) is 22.5. The van der Waals surface area contributed by atoms with Crippen LogP contribution in [0.5, 0.6) is 0 Å². The van der Waals surface area contributed by atoms with Gasteiger partial charge in [0.15, 0.2) is 0 Å². The SMILES string of the molecule is CCCOP1(OCCC)=N[P@](N)(OCCC)=N[P@@](N)(OCCC)=N1. The number of hydrogen-bond donors (Lipinski definition) is 2. The highest BCUT2D eigenvalue weighted by Crippen LogP contribution is 2.75. The summed E-state index contributed by atoms with van der Waals surface area (Å²) in [5.41, 5.74) is 12.7. The molecule has 2 atom stereocenters. The Labute approximate surface area is 145 Å². The van der Waals surface area contributed by atoms with Crippen molar-refractivity contribution >= 4 is 22.8 Å². The number of hydrogen-bond acceptors (Lipinski definition) is 9. The zero-order valence-electron chi connectivity index (χ0n) is 15.1. The summed E-state index contributed by atoms with van der Waals surface area (Å²) >= 11 is 0. The van der Waals surface area contributed by atoms with Gasteiger partial charge in [0.1, 0.15) is 0 Å². The third-order valence-corrected chi connectivity index (χ3v) is 10.7. The molecule has 1 aliphatic rings. The monoisotopic (exact) mass is 403 g/mol. The molecule has 0 aromatic rings. The molecular weight excluding hydrogens is 371 g/mol. The van der Waals surface area contributed by atoms with Crippen LogP contribution in [0.2, 0.25) is 0 Å². The summed E-state index contributed by atoms with van der Waals surface area (Å²) in [5.74, 6) is 0. The maximum absolute atomic E-state index is 6.34. The highest BCUT2D eigenvalue weighted by atomic mass is 31.3. The van der Waals surface area contributed by atoms with Crippen LogP contribution in [0.25, 0.3) is 0 Å². The second-order valence-electron chi connectivity index (χ2n) is 5.27. The standard InChI is InChI=1S/C12H32N5O4P3/c1-5-9-18-22(13)15-23(14,19-10-6-2)17-24(16-22,20-11-7-3)21-12-8-4/h5-14H2,1-4H3/t22-,23-/m1/s1. The largest absolute Gasteiger partial charge is 0.347 e. The minimum Gasteiger partial charge on any atom is -0.316 e. The summed E-state index contributed by atoms with van der Waals surface area (Å²) in [4.78, 5) is 0. The van der Waals surface area contributed by atoms with Crippen LogP contribution in [0, 0.1) is 0 Å². The molecule has 144 valence electrons. The van der Waals surface area contributed by atoms with Gasteiger partial charge in [-0.05, 0) is 25.7 Å². The van der Waals surface area contributed by atoms with Crippen molar-refractivity contribution in [1.29, 1.82) is 0 Å². The van der Waals surface area contributed by atoms with Gasteiger partial charge in [-0.15, -0.1) is 0 Å². The van der Waals surface area contributed by atoms with Gasteiger partial charge in [0.2, 0.25) is 0 Å². The third kappa shape index (κ3) is 6.99. The Hall–Kier alpha value is 0.450. The van der Waals surface area contributed by atoms with E-state index < -0.39 is 22.8 Å². The van der Waals surface area contributed by atoms with E-state index in [1.54, 1.807) is 0 Å². The van der Waals surface area contributed by atoms with Gasteiger partial charge in [-0.25, -0.2) is 0 Å². The third-order valence-electron chi connectivity index (χ3n) is 2.64. The predicted octanol–water partition coefficient (Wildman–Crippen LogP) is 5.46. The van der Waals surface area contributed by atoms with Gasteiger partial charge < -0.3 is 18.1 Å². The molecule has 0 aliphatic carbocycles. The van der Waals surface area contributed by atoms with E-state index in [4.69, 9.17) is 29.1 Å². The summed E-state index contributed by atoms with van der Waals surface area (Å²) in [6.45, 7) is 9.76. The quantitative estimate of drug-likeness (QED) is 0.417. The maximum Gasteiger partial charge on any atom is 0.347 e. The highest BCUT2D eigenvalue weighted by Gasteiger charge is 2.37. The van der Waals surface area contributed by atoms with Crippen LogP contribution in [0.15, 0.2) is 13.5 Å². The van der Waals surface area contributed by atoms with Crippen LogP contribution in [-0.2, 0) is 18.1 Å². The molecule has 0 unspecified atom stereocenters. The lowest BCUT2D eigenvalue weighted by Gasteiger charge is -2.30. The molecule has 0 spiro atoms. The summed E-state index contributed by atoms with van der Waals surface area (Å²) in [5, 5.41) is 0. The molecule has 1 rings (SSSR count). The minimum atomic E-state index is -2.99. The lowest BCUT2D eigenvalue weighted by molar-refractivity contribution is 0.239. The fourth-order valence-corrected chi connectivity index (χ4v) is 10.6. The van der Waals surface area contributed by atoms with Crippen LogP contribution < -0.4 is 11.0 Å². The van der Waals surface area contributed by atoms with Gasteiger partial charge in [0.05, 0.1) is 26.4 Å². The van der Waals surface area contributed by atoms with Crippen molar-refractivity contribution in [2.45, 2.75) is 53.4 Å². The van der Waals surface area contributed by atoms with Gasteiger partial charge in [0.25, 0.3) is 15.2 Å². The van der Waals surface area contributed by atoms with Crippen LogP contribution in [0.3, 0.4) is 0 Å². The first-order chi connectivity index (χ1) is 11.4. The van der Waals surface area contributed by atoms with Crippen LogP contribution in [0.4, 0.5) is 0 Å². The van der Waals surface area contributed by atoms with Crippen LogP contribution >= 0.6 is 22.8 Å². The molecule has 24 heavy (non-hydrogen) atoms. The fourth-order valence-electron chi connectivity index (χ4n) is 1.68. The van der Waals surface area contributed by atoms with Gasteiger partial charge in [-0.2, -0.15) is 13.5 Å². The van der Waals surface area contributed by atoms with E-state index in [0.29, 0.717) is 26.4 Å². The molecule has 0 radical (unpaired) electrons. The van der Waals surface area contributed by atoms with Gasteiger partial charge >= 0.3 is 7.66 Å². The summed E-state index contributed by atoms with van der Waals surface area (Å²) in [6, 6.07) is 0. The Bertz CT molecular complexity index is 529. The second kappa shape index (κ2) is 10.6. The van der Waals surface area contributed by atoms with E-state index in [-0.39, 0.29) is 0 Å². The lowest BCUT2D eigenvalue weighted by atomic mass is 10.5. The van der Waals surface area contributed by atoms with Gasteiger partial charge in [-0.3, -0.25) is 11.0 Å². The van der Waals surface area contributed by atoms with E-state index in [9.17, 15) is 0 Å².